The number of benzene rings is 2. The molecule has 0 radical (unpaired) electrons. The predicted octanol–water partition coefficient (Wildman–Crippen LogP) is 4.79. The zero-order valence-electron chi connectivity index (χ0n) is 20.9. The van der Waals surface area contributed by atoms with Crippen molar-refractivity contribution in [1.82, 2.24) is 19.0 Å². The molecule has 2 aromatic heterocycles. The number of likely N-dealkylation sites (tertiary alicyclic amines) is 1. The molecule has 6 nitrogen and oxygen atoms in total. The van der Waals surface area contributed by atoms with Gasteiger partial charge in [-0.25, -0.2) is 9.37 Å². The Labute approximate surface area is 216 Å². The van der Waals surface area contributed by atoms with E-state index in [1.165, 1.54) is 35.5 Å². The average Bonchev–Trinajstić information content (AvgIpc) is 3.65. The summed E-state index contributed by atoms with van der Waals surface area (Å²) < 4.78 is 17.9. The number of anilines is 1. The highest BCUT2D eigenvalue weighted by Gasteiger charge is 2.28. The molecule has 2 saturated heterocycles. The van der Waals surface area contributed by atoms with Gasteiger partial charge >= 0.3 is 0 Å². The van der Waals surface area contributed by atoms with Crippen LogP contribution < -0.4 is 4.90 Å². The molecule has 1 unspecified atom stereocenters. The van der Waals surface area contributed by atoms with Crippen molar-refractivity contribution in [3.8, 4) is 28.3 Å². The van der Waals surface area contributed by atoms with Crippen LogP contribution in [0.4, 0.5) is 10.1 Å². The number of nitrogens with zero attached hydrogens (tertiary/aromatic N) is 5. The van der Waals surface area contributed by atoms with Crippen LogP contribution in [-0.4, -0.2) is 63.0 Å². The molecule has 0 amide bonds. The Bertz CT molecular complexity index is 1420. The second-order valence-electron chi connectivity index (χ2n) is 10.8. The van der Waals surface area contributed by atoms with E-state index in [2.05, 4.69) is 49.4 Å². The number of aromatic nitrogens is 3. The monoisotopic (exact) mass is 497 g/mol. The van der Waals surface area contributed by atoms with Crippen molar-refractivity contribution in [3.63, 3.8) is 0 Å². The number of aliphatic hydroxyl groups is 1. The third kappa shape index (κ3) is 4.26. The summed E-state index contributed by atoms with van der Waals surface area (Å²) in [6.45, 7) is 6.09. The SMILES string of the molecule is OC1CCN(CC2CCN(c3ccc4c(c3)Cn3cc(-c5ccc(F)cc5)cc3-c3nccn3-4)C2)CC1. The molecule has 7 rings (SSSR count). The third-order valence-corrected chi connectivity index (χ3v) is 8.33. The number of hydrogen-bond donors (Lipinski definition) is 1. The lowest BCUT2D eigenvalue weighted by Crippen LogP contribution is -2.39. The van der Waals surface area contributed by atoms with Gasteiger partial charge in [0.2, 0.25) is 0 Å². The highest BCUT2D eigenvalue weighted by atomic mass is 19.1. The molecule has 2 fully saturated rings. The lowest BCUT2D eigenvalue weighted by Gasteiger charge is -2.31. The van der Waals surface area contributed by atoms with Crippen LogP contribution in [0.5, 0.6) is 0 Å². The highest BCUT2D eigenvalue weighted by Crippen LogP contribution is 2.36. The molecule has 3 aliphatic heterocycles. The van der Waals surface area contributed by atoms with Gasteiger partial charge < -0.3 is 19.5 Å². The minimum Gasteiger partial charge on any atom is -0.393 e. The first kappa shape index (κ1) is 22.8. The fourth-order valence-corrected chi connectivity index (χ4v) is 6.31. The fourth-order valence-electron chi connectivity index (χ4n) is 6.31. The lowest BCUT2D eigenvalue weighted by molar-refractivity contribution is 0.0762. The van der Waals surface area contributed by atoms with Crippen LogP contribution in [0, 0.1) is 11.7 Å². The molecule has 2 aromatic carbocycles. The second-order valence-corrected chi connectivity index (χ2v) is 10.8. The number of hydrogen-bond acceptors (Lipinski definition) is 4. The first-order valence-electron chi connectivity index (χ1n) is 13.4. The number of piperidine rings is 1. The molecule has 0 aliphatic carbocycles. The maximum Gasteiger partial charge on any atom is 0.161 e. The number of rotatable bonds is 4. The Morgan fingerprint density at radius 3 is 2.62 bits per heavy atom. The van der Waals surface area contributed by atoms with Gasteiger partial charge in [-0.2, -0.15) is 0 Å². The smallest absolute Gasteiger partial charge is 0.161 e. The van der Waals surface area contributed by atoms with Gasteiger partial charge in [0.15, 0.2) is 5.82 Å². The molecule has 1 atom stereocenters. The Hall–Kier alpha value is -3.42. The zero-order chi connectivity index (χ0) is 24.9. The van der Waals surface area contributed by atoms with E-state index in [0.29, 0.717) is 5.92 Å². The highest BCUT2D eigenvalue weighted by molar-refractivity contribution is 5.72. The van der Waals surface area contributed by atoms with Crippen LogP contribution in [-0.2, 0) is 6.54 Å². The van der Waals surface area contributed by atoms with E-state index < -0.39 is 0 Å². The summed E-state index contributed by atoms with van der Waals surface area (Å²) in [6.07, 6.45) is 8.96. The molecular weight excluding hydrogens is 465 g/mol. The summed E-state index contributed by atoms with van der Waals surface area (Å²) >= 11 is 0. The maximum absolute atomic E-state index is 13.5. The van der Waals surface area contributed by atoms with E-state index in [4.69, 9.17) is 4.98 Å². The number of fused-ring (bicyclic) bond motifs is 5. The van der Waals surface area contributed by atoms with Gasteiger partial charge in [-0.15, -0.1) is 0 Å². The van der Waals surface area contributed by atoms with Crippen LogP contribution in [0.3, 0.4) is 0 Å². The number of halogens is 1. The van der Waals surface area contributed by atoms with Crippen LogP contribution in [0.15, 0.2) is 67.1 Å². The van der Waals surface area contributed by atoms with Crippen molar-refractivity contribution < 1.29 is 9.50 Å². The van der Waals surface area contributed by atoms with E-state index in [9.17, 15) is 9.50 Å². The molecule has 190 valence electrons. The van der Waals surface area contributed by atoms with Crippen molar-refractivity contribution in [2.24, 2.45) is 5.92 Å². The summed E-state index contributed by atoms with van der Waals surface area (Å²) in [5.41, 5.74) is 6.86. The van der Waals surface area contributed by atoms with Crippen molar-refractivity contribution in [2.75, 3.05) is 37.6 Å². The zero-order valence-corrected chi connectivity index (χ0v) is 20.9. The minimum absolute atomic E-state index is 0.112. The first-order valence-corrected chi connectivity index (χ1v) is 13.4. The van der Waals surface area contributed by atoms with Gasteiger partial charge in [0.25, 0.3) is 0 Å². The van der Waals surface area contributed by atoms with Gasteiger partial charge in [-0.05, 0) is 72.7 Å². The van der Waals surface area contributed by atoms with E-state index >= 15 is 0 Å². The lowest BCUT2D eigenvalue weighted by atomic mass is 10.0. The average molecular weight is 498 g/mol. The minimum atomic E-state index is -0.222. The predicted molar refractivity (Wildman–Crippen MR) is 143 cm³/mol. The molecule has 7 heteroatoms. The molecule has 1 N–H and O–H groups in total. The standard InChI is InChI=1S/C30H32FN5O/c31-25-3-1-22(2-4-25)23-16-29-30-32-10-14-36(30)28-6-5-26(15-24(28)20-35(29)19-23)34-13-7-21(18-34)17-33-11-8-27(37)9-12-33/h1-6,10,14-16,19,21,27,37H,7-9,11-13,17-18,20H2. The summed E-state index contributed by atoms with van der Waals surface area (Å²) in [5, 5.41) is 9.82. The normalized spacial score (nSPS) is 19.9. The van der Waals surface area contributed by atoms with E-state index in [0.717, 1.165) is 74.8 Å². The first-order chi connectivity index (χ1) is 18.1. The topological polar surface area (TPSA) is 49.5 Å². The summed E-state index contributed by atoms with van der Waals surface area (Å²) in [4.78, 5) is 9.76. The van der Waals surface area contributed by atoms with Crippen molar-refractivity contribution in [1.29, 1.82) is 0 Å². The molecule has 5 heterocycles. The summed E-state index contributed by atoms with van der Waals surface area (Å²) in [7, 11) is 0. The van der Waals surface area contributed by atoms with E-state index in [-0.39, 0.29) is 11.9 Å². The molecule has 37 heavy (non-hydrogen) atoms. The fraction of sp³-hybridized carbons (Fsp3) is 0.367. The molecule has 0 spiro atoms. The third-order valence-electron chi connectivity index (χ3n) is 8.33. The largest absolute Gasteiger partial charge is 0.393 e. The summed E-state index contributed by atoms with van der Waals surface area (Å²) in [5.74, 6) is 1.37. The van der Waals surface area contributed by atoms with Crippen molar-refractivity contribution >= 4 is 5.69 Å². The number of imidazole rings is 1. The maximum atomic E-state index is 13.5. The quantitative estimate of drug-likeness (QED) is 0.388. The Kier molecular flexibility index (Phi) is 5.63. The molecule has 4 aromatic rings. The van der Waals surface area contributed by atoms with E-state index in [1.807, 2.05) is 24.5 Å². The van der Waals surface area contributed by atoms with Gasteiger partial charge in [0, 0.05) is 69.1 Å². The second kappa shape index (κ2) is 9.15. The van der Waals surface area contributed by atoms with Crippen LogP contribution >= 0.6 is 0 Å². The van der Waals surface area contributed by atoms with Crippen LogP contribution in [0.2, 0.25) is 0 Å². The Morgan fingerprint density at radius 1 is 0.946 bits per heavy atom. The van der Waals surface area contributed by atoms with Gasteiger partial charge in [-0.1, -0.05) is 12.1 Å². The molecule has 0 bridgehead atoms. The summed E-state index contributed by atoms with van der Waals surface area (Å²) in [6, 6.07) is 15.7. The molecule has 3 aliphatic rings. The Balaban J connectivity index is 1.15. The van der Waals surface area contributed by atoms with Crippen molar-refractivity contribution in [3.05, 3.63) is 78.5 Å². The number of aliphatic hydroxyl groups excluding tert-OH is 1. The molecular formula is C30H32FN5O. The van der Waals surface area contributed by atoms with Gasteiger partial charge in [0.05, 0.1) is 17.5 Å². The van der Waals surface area contributed by atoms with Crippen LogP contribution in [0.1, 0.15) is 24.8 Å². The Morgan fingerprint density at radius 2 is 1.78 bits per heavy atom. The molecule has 0 saturated carbocycles. The van der Waals surface area contributed by atoms with Gasteiger partial charge in [0.1, 0.15) is 5.82 Å². The van der Waals surface area contributed by atoms with Crippen molar-refractivity contribution in [2.45, 2.75) is 31.9 Å². The van der Waals surface area contributed by atoms with Gasteiger partial charge in [-0.3, -0.25) is 4.57 Å². The van der Waals surface area contributed by atoms with E-state index in [1.54, 1.807) is 0 Å². The van der Waals surface area contributed by atoms with Crippen LogP contribution in [0.25, 0.3) is 28.3 Å².